The molecule has 15 heavy (non-hydrogen) atoms. The van der Waals surface area contributed by atoms with Crippen LogP contribution in [-0.4, -0.2) is 11.1 Å². The molecule has 1 N–H and O–H groups in total. The lowest BCUT2D eigenvalue weighted by Crippen LogP contribution is -2.04. The van der Waals surface area contributed by atoms with Crippen molar-refractivity contribution in [1.82, 2.24) is 0 Å². The van der Waals surface area contributed by atoms with Crippen molar-refractivity contribution in [1.29, 1.82) is 0 Å². The van der Waals surface area contributed by atoms with E-state index in [0.717, 1.165) is 23.1 Å². The quantitative estimate of drug-likeness (QED) is 0.807. The normalized spacial score (nSPS) is 14.3. The van der Waals surface area contributed by atoms with Crippen molar-refractivity contribution in [3.63, 3.8) is 0 Å². The van der Waals surface area contributed by atoms with Crippen LogP contribution in [0.5, 0.6) is 0 Å². The van der Waals surface area contributed by atoms with Crippen molar-refractivity contribution in [2.24, 2.45) is 0 Å². The zero-order valence-electron chi connectivity index (χ0n) is 8.16. The van der Waals surface area contributed by atoms with E-state index < -0.39 is 5.97 Å². The molecule has 0 radical (unpaired) electrons. The van der Waals surface area contributed by atoms with Crippen LogP contribution >= 0.6 is 0 Å². The summed E-state index contributed by atoms with van der Waals surface area (Å²) in [4.78, 5) is 10.5. The molecule has 1 aliphatic carbocycles. The Bertz CT molecular complexity index is 435. The zero-order valence-corrected chi connectivity index (χ0v) is 8.16. The van der Waals surface area contributed by atoms with Crippen molar-refractivity contribution >= 4 is 12.0 Å². The fourth-order valence-electron chi connectivity index (χ4n) is 1.85. The summed E-state index contributed by atoms with van der Waals surface area (Å²) in [7, 11) is 0. The van der Waals surface area contributed by atoms with Gasteiger partial charge in [-0.3, -0.25) is 4.79 Å². The van der Waals surface area contributed by atoms with Gasteiger partial charge in [-0.15, -0.1) is 0 Å². The molecule has 0 saturated heterocycles. The van der Waals surface area contributed by atoms with Gasteiger partial charge in [0.05, 0.1) is 6.42 Å². The molecule has 1 aromatic carbocycles. The van der Waals surface area contributed by atoms with Gasteiger partial charge in [-0.1, -0.05) is 17.7 Å². The second-order valence-electron chi connectivity index (χ2n) is 3.72. The molecule has 0 saturated carbocycles. The number of rotatable bonds is 2. The highest BCUT2D eigenvalue weighted by atomic mass is 19.1. The summed E-state index contributed by atoms with van der Waals surface area (Å²) in [5, 5.41) is 8.66. The Labute approximate surface area is 87.0 Å². The summed E-state index contributed by atoms with van der Waals surface area (Å²) in [6.07, 6.45) is 3.37. The van der Waals surface area contributed by atoms with Crippen molar-refractivity contribution in [3.05, 3.63) is 40.7 Å². The lowest BCUT2D eigenvalue weighted by Gasteiger charge is -2.15. The first kappa shape index (κ1) is 9.90. The molecule has 0 atom stereocenters. The Morgan fingerprint density at radius 1 is 1.40 bits per heavy atom. The van der Waals surface area contributed by atoms with Gasteiger partial charge in [-0.2, -0.15) is 0 Å². The maximum atomic E-state index is 12.9. The monoisotopic (exact) mass is 206 g/mol. The van der Waals surface area contributed by atoms with Crippen LogP contribution in [0.15, 0.2) is 23.8 Å². The number of aryl methyl sites for hydroxylation is 1. The maximum Gasteiger partial charge on any atom is 0.307 e. The summed E-state index contributed by atoms with van der Waals surface area (Å²) < 4.78 is 12.9. The van der Waals surface area contributed by atoms with Crippen LogP contribution in [0.1, 0.15) is 24.0 Å². The highest BCUT2D eigenvalue weighted by Crippen LogP contribution is 2.26. The van der Waals surface area contributed by atoms with E-state index in [-0.39, 0.29) is 12.2 Å². The summed E-state index contributed by atoms with van der Waals surface area (Å²) in [5.41, 5.74) is 2.81. The largest absolute Gasteiger partial charge is 0.481 e. The smallest absolute Gasteiger partial charge is 0.307 e. The third kappa shape index (κ3) is 2.24. The lowest BCUT2D eigenvalue weighted by atomic mass is 9.91. The van der Waals surface area contributed by atoms with E-state index >= 15 is 0 Å². The van der Waals surface area contributed by atoms with Gasteiger partial charge in [-0.25, -0.2) is 4.39 Å². The second kappa shape index (κ2) is 3.85. The average Bonchev–Trinajstić information content (AvgIpc) is 2.17. The van der Waals surface area contributed by atoms with E-state index in [4.69, 9.17) is 5.11 Å². The van der Waals surface area contributed by atoms with Gasteiger partial charge in [-0.05, 0) is 36.1 Å². The fourth-order valence-corrected chi connectivity index (χ4v) is 1.85. The predicted octanol–water partition coefficient (Wildman–Crippen LogP) is 2.63. The first-order valence-electron chi connectivity index (χ1n) is 4.85. The molecule has 1 aliphatic rings. The Morgan fingerprint density at radius 3 is 2.93 bits per heavy atom. The standard InChI is InChI=1S/C12H11FO2/c13-11-4-3-9-5-8(6-12(14)15)1-2-10(9)7-11/h3-5,7H,1-2,6H2,(H,14,15). The number of aliphatic carboxylic acids is 1. The molecular weight excluding hydrogens is 195 g/mol. The molecule has 2 rings (SSSR count). The number of carbonyl (C=O) groups is 1. The molecule has 0 heterocycles. The van der Waals surface area contributed by atoms with Gasteiger partial charge < -0.3 is 5.11 Å². The fraction of sp³-hybridized carbons (Fsp3) is 0.250. The molecular formula is C12H11FO2. The lowest BCUT2D eigenvalue weighted by molar-refractivity contribution is -0.136. The second-order valence-corrected chi connectivity index (χ2v) is 3.72. The average molecular weight is 206 g/mol. The van der Waals surface area contributed by atoms with E-state index in [2.05, 4.69) is 0 Å². The molecule has 3 heteroatoms. The van der Waals surface area contributed by atoms with E-state index in [1.165, 1.54) is 12.1 Å². The highest BCUT2D eigenvalue weighted by molar-refractivity contribution is 5.73. The van der Waals surface area contributed by atoms with Crippen molar-refractivity contribution in [3.8, 4) is 0 Å². The molecule has 0 unspecified atom stereocenters. The number of carboxylic acid groups (broad SMARTS) is 1. The van der Waals surface area contributed by atoms with Gasteiger partial charge >= 0.3 is 5.97 Å². The predicted molar refractivity (Wildman–Crippen MR) is 55.0 cm³/mol. The summed E-state index contributed by atoms with van der Waals surface area (Å²) in [6, 6.07) is 4.62. The third-order valence-corrected chi connectivity index (χ3v) is 2.56. The van der Waals surface area contributed by atoms with E-state index in [0.29, 0.717) is 6.42 Å². The van der Waals surface area contributed by atoms with Crippen LogP contribution in [0.2, 0.25) is 0 Å². The summed E-state index contributed by atoms with van der Waals surface area (Å²) in [6.45, 7) is 0. The Morgan fingerprint density at radius 2 is 2.20 bits per heavy atom. The van der Waals surface area contributed by atoms with E-state index in [1.54, 1.807) is 6.07 Å². The SMILES string of the molecule is O=C(O)CC1=Cc2ccc(F)cc2CC1. The zero-order chi connectivity index (χ0) is 10.8. The Balaban J connectivity index is 2.29. The summed E-state index contributed by atoms with van der Waals surface area (Å²) in [5.74, 6) is -1.05. The molecule has 1 aromatic rings. The van der Waals surface area contributed by atoms with E-state index in [9.17, 15) is 9.18 Å². The van der Waals surface area contributed by atoms with E-state index in [1.807, 2.05) is 6.08 Å². The topological polar surface area (TPSA) is 37.3 Å². The van der Waals surface area contributed by atoms with Gasteiger partial charge in [0.15, 0.2) is 0 Å². The summed E-state index contributed by atoms with van der Waals surface area (Å²) >= 11 is 0. The number of benzene rings is 1. The minimum atomic E-state index is -0.813. The van der Waals surface area contributed by atoms with Crippen LogP contribution in [-0.2, 0) is 11.2 Å². The molecule has 0 aromatic heterocycles. The first-order chi connectivity index (χ1) is 7.15. The Kier molecular flexibility index (Phi) is 2.54. The number of hydrogen-bond donors (Lipinski definition) is 1. The third-order valence-electron chi connectivity index (χ3n) is 2.56. The number of fused-ring (bicyclic) bond motifs is 1. The van der Waals surface area contributed by atoms with Crippen LogP contribution in [0.25, 0.3) is 6.08 Å². The number of hydrogen-bond acceptors (Lipinski definition) is 1. The number of carboxylic acids is 1. The maximum absolute atomic E-state index is 12.9. The Hall–Kier alpha value is -1.64. The number of halogens is 1. The molecule has 0 aliphatic heterocycles. The van der Waals surface area contributed by atoms with Crippen LogP contribution in [0.4, 0.5) is 4.39 Å². The van der Waals surface area contributed by atoms with Crippen LogP contribution in [0.3, 0.4) is 0 Å². The minimum Gasteiger partial charge on any atom is -0.481 e. The highest BCUT2D eigenvalue weighted by Gasteiger charge is 2.12. The van der Waals surface area contributed by atoms with Crippen molar-refractivity contribution < 1.29 is 14.3 Å². The molecule has 0 spiro atoms. The molecule has 2 nitrogen and oxygen atoms in total. The van der Waals surface area contributed by atoms with Crippen molar-refractivity contribution in [2.75, 3.05) is 0 Å². The van der Waals surface area contributed by atoms with Crippen LogP contribution < -0.4 is 0 Å². The van der Waals surface area contributed by atoms with Gasteiger partial charge in [0.25, 0.3) is 0 Å². The first-order valence-corrected chi connectivity index (χ1v) is 4.85. The van der Waals surface area contributed by atoms with Crippen LogP contribution in [0, 0.1) is 5.82 Å². The molecule has 0 amide bonds. The van der Waals surface area contributed by atoms with Gasteiger partial charge in [0, 0.05) is 0 Å². The van der Waals surface area contributed by atoms with Crippen molar-refractivity contribution in [2.45, 2.75) is 19.3 Å². The van der Waals surface area contributed by atoms with Gasteiger partial charge in [0.2, 0.25) is 0 Å². The molecule has 78 valence electrons. The minimum absolute atomic E-state index is 0.0802. The van der Waals surface area contributed by atoms with Gasteiger partial charge in [0.1, 0.15) is 5.82 Å². The molecule has 0 fully saturated rings. The molecule has 0 bridgehead atoms.